The van der Waals surface area contributed by atoms with Crippen molar-refractivity contribution in [2.75, 3.05) is 43.4 Å². The molecule has 46 nitrogen and oxygen atoms in total. The standard InChI is InChI=1S/C10H14N6O4.C10H14N6O3.C10H15N3O4.C9H14N4O4.3H3O4P/c11-1-3-5(17)6(18)9(20-3)16-2-13-4-7(16)14-10(12)15-8(4)19;11-1-4-6(17)7(18)10(19-4)16-3-15-5-8(12)13-2-14-9(5)16;1-5-4-13(10(16)12-9(5)15)8-2-6(14)7(3-11)17-8;10-3-4-6(14)7(15)8(17-4)13-2-1-5(11)12-9(13)16;3*1-5(2,3)4/h2-3,5-6,9,17-18H,1,11H2,(H3,12,14,15,19);2-4,6-7,10,17-18H,1,11H2,(H2,12,13,14);4,6-8,14H,2-3,11H2,1H3,(H,12,15,16);1-2,4,6-8,14-15H,3,10H2,(H2,11,12,16);3*(H3,1,2,3,4)/t3-,5-,6-,9-;4-,6-,7-,10-;6-,7+,8+;4-,6-,7-,8-;;;/m1101.../s1. The number of ether oxygens (including phenoxy) is 4. The summed E-state index contributed by atoms with van der Waals surface area (Å²) in [7, 11) is -13.9. The van der Waals surface area contributed by atoms with Crippen LogP contribution in [0.4, 0.5) is 17.6 Å². The number of aryl methyl sites for hydroxylation is 1. The van der Waals surface area contributed by atoms with E-state index in [4.69, 9.17) is 117 Å². The summed E-state index contributed by atoms with van der Waals surface area (Å²) in [5, 5.41) is 68.6. The van der Waals surface area contributed by atoms with E-state index in [2.05, 4.69) is 39.9 Å². The molecule has 4 fully saturated rings. The molecule has 0 radical (unpaired) electrons. The Balaban J connectivity index is 0.000000233. The highest BCUT2D eigenvalue weighted by molar-refractivity contribution is 7.45. The molecule has 32 N–H and O–H groups in total. The molecule has 0 spiro atoms. The molecule has 4 aliphatic heterocycles. The minimum absolute atomic E-state index is 0.0475. The molecule has 0 aliphatic carbocycles. The second kappa shape index (κ2) is 31.4. The lowest BCUT2D eigenvalue weighted by Crippen LogP contribution is -2.36. The summed E-state index contributed by atoms with van der Waals surface area (Å²) in [6, 6.07) is 1.40. The van der Waals surface area contributed by atoms with Crippen LogP contribution >= 0.6 is 23.5 Å². The Morgan fingerprint density at radius 1 is 0.545 bits per heavy atom. The summed E-state index contributed by atoms with van der Waals surface area (Å²) in [6.07, 6.45) is -6.27. The highest BCUT2D eigenvalue weighted by atomic mass is 31.2. The smallest absolute Gasteiger partial charge is 0.390 e. The number of aliphatic hydroxyl groups is 7. The molecule has 6 aromatic rings. The first-order valence-electron chi connectivity index (χ1n) is 24.6. The van der Waals surface area contributed by atoms with Gasteiger partial charge in [-0.05, 0) is 13.0 Å². The van der Waals surface area contributed by atoms with Crippen LogP contribution in [-0.4, -0.2) is 231 Å². The molecule has 10 heterocycles. The Morgan fingerprint density at radius 2 is 0.977 bits per heavy atom. The number of rotatable bonds is 8. The van der Waals surface area contributed by atoms with E-state index in [0.29, 0.717) is 16.7 Å². The quantitative estimate of drug-likeness (QED) is 0.0629. The van der Waals surface area contributed by atoms with Gasteiger partial charge in [-0.1, -0.05) is 0 Å². The highest BCUT2D eigenvalue weighted by Gasteiger charge is 2.46. The zero-order chi connectivity index (χ0) is 66.7. The largest absolute Gasteiger partial charge is 0.466 e. The molecule has 4 saturated heterocycles. The topological polar surface area (TPSA) is 791 Å². The number of hydrogen-bond donors (Lipinski definition) is 25. The molecule has 10 rings (SSSR count). The number of aromatic nitrogens is 12. The molecular formula is C39H66N19O27P3. The maximum atomic E-state index is 11.7. The number of imidazole rings is 2. The van der Waals surface area contributed by atoms with Gasteiger partial charge in [0.25, 0.3) is 11.1 Å². The van der Waals surface area contributed by atoms with Gasteiger partial charge in [0.2, 0.25) is 5.95 Å². The third kappa shape index (κ3) is 20.6. The number of hydrogen-bond acceptors (Lipinski definition) is 31. The maximum absolute atomic E-state index is 11.7. The number of phosphoric acid groups is 3. The van der Waals surface area contributed by atoms with Gasteiger partial charge in [-0.3, -0.25) is 37.8 Å². The lowest BCUT2D eigenvalue weighted by Gasteiger charge is -2.16. The van der Waals surface area contributed by atoms with E-state index >= 15 is 0 Å². The number of fused-ring (bicyclic) bond motifs is 2. The van der Waals surface area contributed by atoms with Gasteiger partial charge in [0.05, 0.1) is 24.9 Å². The van der Waals surface area contributed by atoms with Crippen molar-refractivity contribution >= 4 is 63.4 Å². The molecule has 6 aromatic heterocycles. The summed E-state index contributed by atoms with van der Waals surface area (Å²) in [4.78, 5) is 139. The second-order valence-corrected chi connectivity index (χ2v) is 21.5. The van der Waals surface area contributed by atoms with E-state index < -0.39 is 138 Å². The fourth-order valence-corrected chi connectivity index (χ4v) is 8.16. The maximum Gasteiger partial charge on any atom is 0.466 e. The Labute approximate surface area is 489 Å². The van der Waals surface area contributed by atoms with E-state index in [1.165, 1.54) is 51.1 Å². The van der Waals surface area contributed by atoms with Crippen LogP contribution in [0.3, 0.4) is 0 Å². The van der Waals surface area contributed by atoms with E-state index in [9.17, 15) is 54.9 Å². The Hall–Kier alpha value is -6.41. The number of nitrogens with two attached hydrogens (primary N) is 7. The zero-order valence-corrected chi connectivity index (χ0v) is 47.8. The van der Waals surface area contributed by atoms with Crippen LogP contribution in [0.1, 0.15) is 36.9 Å². The van der Waals surface area contributed by atoms with Gasteiger partial charge >= 0.3 is 34.8 Å². The van der Waals surface area contributed by atoms with Crippen molar-refractivity contribution < 1.29 is 112 Å². The molecule has 88 heavy (non-hydrogen) atoms. The summed E-state index contributed by atoms with van der Waals surface area (Å²) in [5.41, 5.74) is 37.6. The molecule has 4 aliphatic rings. The minimum Gasteiger partial charge on any atom is -0.390 e. The van der Waals surface area contributed by atoms with Crippen molar-refractivity contribution in [3.63, 3.8) is 0 Å². The van der Waals surface area contributed by atoms with E-state index in [0.717, 1.165) is 4.57 Å². The third-order valence-corrected chi connectivity index (χ3v) is 12.1. The van der Waals surface area contributed by atoms with Crippen molar-refractivity contribution in [2.24, 2.45) is 22.9 Å². The van der Waals surface area contributed by atoms with Gasteiger partial charge in [-0.25, -0.2) is 43.2 Å². The van der Waals surface area contributed by atoms with Gasteiger partial charge < -0.3 is 139 Å². The molecular weight excluding hydrogens is 1260 g/mol. The Morgan fingerprint density at radius 3 is 1.40 bits per heavy atom. The first-order chi connectivity index (χ1) is 40.7. The molecule has 0 bridgehead atoms. The number of aliphatic hydroxyl groups excluding tert-OH is 7. The van der Waals surface area contributed by atoms with Crippen LogP contribution in [0.25, 0.3) is 22.3 Å². The lowest BCUT2D eigenvalue weighted by molar-refractivity contribution is -0.0371. The van der Waals surface area contributed by atoms with Crippen LogP contribution in [0.5, 0.6) is 0 Å². The van der Waals surface area contributed by atoms with Gasteiger partial charge in [0, 0.05) is 50.6 Å². The summed E-state index contributed by atoms with van der Waals surface area (Å²) in [5.74, 6) is 0.245. The van der Waals surface area contributed by atoms with Crippen LogP contribution in [0.15, 0.2) is 56.6 Å². The number of H-pyrrole nitrogens is 2. The fraction of sp³-hybridized carbons (Fsp3) is 0.538. The number of nitrogens with zero attached hydrogens (tertiary/aromatic N) is 10. The predicted molar refractivity (Wildman–Crippen MR) is 293 cm³/mol. The minimum atomic E-state index is -4.64. The van der Waals surface area contributed by atoms with Crippen molar-refractivity contribution in [2.45, 2.75) is 105 Å². The predicted octanol–water partition coefficient (Wildman–Crippen LogP) is -11.7. The average molecular weight is 1330 g/mol. The summed E-state index contributed by atoms with van der Waals surface area (Å²) >= 11 is 0. The SMILES string of the molecule is Cc1cn([C@H]2C[C@H](O)[C@@H](CN)O2)c(=O)[nH]c1=O.NC[C@H]1O[C@@H](n2ccc(N)nc2=O)[C@H](O)[C@@H]1O.NC[C@H]1O[C@@H](n2cnc3c(=O)[nH]c(N)nc32)[C@H](O)[C@@H]1O.NC[C@H]1O[C@@H](n2cnc3c(N)ncnc32)[C@H](O)[C@@H]1O.O=P(O)(O)O.O=P(O)(O)O.O=P(O)(O)O. The molecule has 0 amide bonds. The first-order valence-corrected chi connectivity index (χ1v) is 29.3. The van der Waals surface area contributed by atoms with Crippen LogP contribution in [0.2, 0.25) is 0 Å². The molecule has 0 unspecified atom stereocenters. The van der Waals surface area contributed by atoms with Crippen molar-refractivity contribution in [1.29, 1.82) is 0 Å². The molecule has 0 aromatic carbocycles. The first kappa shape index (κ1) is 74.1. The summed E-state index contributed by atoms with van der Waals surface area (Å²) < 4.78 is 53.6. The Kier molecular flexibility index (Phi) is 26.4. The van der Waals surface area contributed by atoms with Gasteiger partial charge in [-0.15, -0.1) is 0 Å². The van der Waals surface area contributed by atoms with E-state index in [1.807, 2.05) is 0 Å². The average Bonchev–Trinajstić information content (AvgIpc) is 2.09. The van der Waals surface area contributed by atoms with Gasteiger partial charge in [0.1, 0.15) is 78.8 Å². The Bertz CT molecular complexity index is 3580. The van der Waals surface area contributed by atoms with E-state index in [1.54, 1.807) is 6.92 Å². The van der Waals surface area contributed by atoms with Crippen LogP contribution in [-0.2, 0) is 32.6 Å². The third-order valence-electron chi connectivity index (χ3n) is 12.1. The van der Waals surface area contributed by atoms with Crippen LogP contribution in [0, 0.1) is 6.92 Å². The molecule has 15 atom stereocenters. The number of nitrogens with one attached hydrogen (secondary N) is 2. The second-order valence-electron chi connectivity index (χ2n) is 18.4. The normalized spacial score (nSPS) is 27.4. The highest BCUT2D eigenvalue weighted by Crippen LogP contribution is 2.34. The molecule has 49 heteroatoms. The molecule has 494 valence electrons. The zero-order valence-electron chi connectivity index (χ0n) is 45.2. The lowest BCUT2D eigenvalue weighted by atomic mass is 10.1. The fourth-order valence-electron chi connectivity index (χ4n) is 8.16. The monoisotopic (exact) mass is 1330 g/mol. The van der Waals surface area contributed by atoms with Crippen LogP contribution < -0.4 is 62.6 Å². The number of aromatic amines is 2. The van der Waals surface area contributed by atoms with Crippen molar-refractivity contribution in [3.05, 3.63) is 84.7 Å². The van der Waals surface area contributed by atoms with Crippen molar-refractivity contribution in [3.8, 4) is 0 Å². The number of nitrogen functional groups attached to an aromatic ring is 3. The number of anilines is 3. The van der Waals surface area contributed by atoms with E-state index in [-0.39, 0.29) is 61.3 Å². The van der Waals surface area contributed by atoms with Crippen molar-refractivity contribution in [1.82, 2.24) is 58.1 Å². The van der Waals surface area contributed by atoms with Gasteiger partial charge in [0.15, 0.2) is 41.3 Å². The van der Waals surface area contributed by atoms with Gasteiger partial charge in [-0.2, -0.15) is 9.97 Å². The summed E-state index contributed by atoms with van der Waals surface area (Å²) in [6.45, 7) is 2.00. The molecule has 0 saturated carbocycles.